The third-order valence-electron chi connectivity index (χ3n) is 5.09. The Bertz CT molecular complexity index is 479. The minimum absolute atomic E-state index is 0. The van der Waals surface area contributed by atoms with Gasteiger partial charge < -0.3 is 15.1 Å². The Morgan fingerprint density at radius 2 is 2.00 bits per heavy atom. The van der Waals surface area contributed by atoms with E-state index in [-0.39, 0.29) is 30.0 Å². The molecule has 1 unspecified atom stereocenters. The van der Waals surface area contributed by atoms with E-state index in [1.54, 1.807) is 6.26 Å². The van der Waals surface area contributed by atoms with E-state index in [9.17, 15) is 0 Å². The number of aliphatic imine (C=N–C) groups is 1. The van der Waals surface area contributed by atoms with Crippen molar-refractivity contribution in [3.05, 3.63) is 24.2 Å². The summed E-state index contributed by atoms with van der Waals surface area (Å²) in [5.41, 5.74) is 0. The maximum Gasteiger partial charge on any atom is 0.191 e. The SMILES string of the molecule is CN=C(NCC(c1ccco1)N1CCCC1)NC1CCCCC1.I. The predicted molar refractivity (Wildman–Crippen MR) is 109 cm³/mol. The van der Waals surface area contributed by atoms with Gasteiger partial charge in [0.05, 0.1) is 12.3 Å². The molecule has 1 saturated carbocycles. The Labute approximate surface area is 162 Å². The van der Waals surface area contributed by atoms with E-state index < -0.39 is 0 Å². The number of hydrogen-bond donors (Lipinski definition) is 2. The van der Waals surface area contributed by atoms with Crippen LogP contribution >= 0.6 is 24.0 Å². The fraction of sp³-hybridized carbons (Fsp3) is 0.722. The fourth-order valence-corrected chi connectivity index (χ4v) is 3.77. The summed E-state index contributed by atoms with van der Waals surface area (Å²) < 4.78 is 5.68. The van der Waals surface area contributed by atoms with E-state index in [1.165, 1.54) is 44.9 Å². The Morgan fingerprint density at radius 1 is 1.25 bits per heavy atom. The molecular formula is C18H31IN4O. The van der Waals surface area contributed by atoms with Crippen LogP contribution in [0.4, 0.5) is 0 Å². The maximum absolute atomic E-state index is 5.68. The van der Waals surface area contributed by atoms with Crippen LogP contribution < -0.4 is 10.6 Å². The highest BCUT2D eigenvalue weighted by atomic mass is 127. The van der Waals surface area contributed by atoms with Crippen molar-refractivity contribution in [3.8, 4) is 0 Å². The topological polar surface area (TPSA) is 52.8 Å². The van der Waals surface area contributed by atoms with Crippen LogP contribution in [0.15, 0.2) is 27.8 Å². The highest BCUT2D eigenvalue weighted by Crippen LogP contribution is 2.25. The Balaban J connectivity index is 0.00000208. The lowest BCUT2D eigenvalue weighted by atomic mass is 9.96. The van der Waals surface area contributed by atoms with E-state index in [1.807, 2.05) is 13.1 Å². The van der Waals surface area contributed by atoms with Gasteiger partial charge in [-0.1, -0.05) is 19.3 Å². The summed E-state index contributed by atoms with van der Waals surface area (Å²) in [4.78, 5) is 6.92. The molecule has 3 rings (SSSR count). The lowest BCUT2D eigenvalue weighted by Gasteiger charge is -2.28. The van der Waals surface area contributed by atoms with Crippen LogP contribution in [0.25, 0.3) is 0 Å². The van der Waals surface area contributed by atoms with Gasteiger partial charge in [-0.05, 0) is 50.9 Å². The van der Waals surface area contributed by atoms with Crippen molar-refractivity contribution in [1.82, 2.24) is 15.5 Å². The van der Waals surface area contributed by atoms with Gasteiger partial charge in [0.1, 0.15) is 5.76 Å². The fourth-order valence-electron chi connectivity index (χ4n) is 3.77. The third kappa shape index (κ3) is 5.37. The molecule has 1 aliphatic heterocycles. The summed E-state index contributed by atoms with van der Waals surface area (Å²) in [5, 5.41) is 7.11. The molecule has 2 N–H and O–H groups in total. The number of rotatable bonds is 5. The second-order valence-electron chi connectivity index (χ2n) is 6.71. The molecule has 1 atom stereocenters. The molecule has 0 amide bonds. The molecule has 136 valence electrons. The van der Waals surface area contributed by atoms with Crippen molar-refractivity contribution in [2.75, 3.05) is 26.7 Å². The summed E-state index contributed by atoms with van der Waals surface area (Å²) >= 11 is 0. The molecule has 0 bridgehead atoms. The molecule has 0 aromatic carbocycles. The molecule has 1 aromatic heterocycles. The molecule has 1 saturated heterocycles. The molecule has 6 heteroatoms. The molecule has 24 heavy (non-hydrogen) atoms. The molecule has 1 aromatic rings. The van der Waals surface area contributed by atoms with E-state index in [0.29, 0.717) is 6.04 Å². The number of nitrogens with zero attached hydrogens (tertiary/aromatic N) is 2. The first-order chi connectivity index (χ1) is 11.4. The van der Waals surface area contributed by atoms with Gasteiger partial charge in [-0.2, -0.15) is 0 Å². The van der Waals surface area contributed by atoms with E-state index in [0.717, 1.165) is 31.4 Å². The summed E-state index contributed by atoms with van der Waals surface area (Å²) in [7, 11) is 1.86. The van der Waals surface area contributed by atoms with Gasteiger partial charge in [-0.15, -0.1) is 24.0 Å². The summed E-state index contributed by atoms with van der Waals surface area (Å²) in [6.45, 7) is 3.14. The summed E-state index contributed by atoms with van der Waals surface area (Å²) in [6.07, 6.45) is 10.9. The first kappa shape index (κ1) is 19.6. The van der Waals surface area contributed by atoms with E-state index >= 15 is 0 Å². The minimum atomic E-state index is 0. The lowest BCUT2D eigenvalue weighted by Crippen LogP contribution is -2.46. The maximum atomic E-state index is 5.68. The van der Waals surface area contributed by atoms with Crippen LogP contribution in [0.5, 0.6) is 0 Å². The van der Waals surface area contributed by atoms with Gasteiger partial charge in [0.2, 0.25) is 0 Å². The molecule has 2 aliphatic rings. The van der Waals surface area contributed by atoms with Crippen molar-refractivity contribution >= 4 is 29.9 Å². The zero-order valence-electron chi connectivity index (χ0n) is 14.7. The van der Waals surface area contributed by atoms with Gasteiger partial charge in [-0.25, -0.2) is 0 Å². The van der Waals surface area contributed by atoms with E-state index in [4.69, 9.17) is 4.42 Å². The predicted octanol–water partition coefficient (Wildman–Crippen LogP) is 3.53. The minimum Gasteiger partial charge on any atom is -0.468 e. The zero-order chi connectivity index (χ0) is 15.9. The van der Waals surface area contributed by atoms with Crippen molar-refractivity contribution in [3.63, 3.8) is 0 Å². The largest absolute Gasteiger partial charge is 0.468 e. The Morgan fingerprint density at radius 3 is 2.62 bits per heavy atom. The quantitative estimate of drug-likeness (QED) is 0.413. The molecule has 1 aliphatic carbocycles. The second-order valence-corrected chi connectivity index (χ2v) is 6.71. The van der Waals surface area contributed by atoms with Crippen LogP contribution in [0.2, 0.25) is 0 Å². The van der Waals surface area contributed by atoms with Crippen molar-refractivity contribution in [2.45, 2.75) is 57.0 Å². The molecule has 5 nitrogen and oxygen atoms in total. The molecule has 0 spiro atoms. The number of hydrogen-bond acceptors (Lipinski definition) is 3. The Hall–Kier alpha value is -0.760. The number of halogens is 1. The van der Waals surface area contributed by atoms with Gasteiger partial charge in [0, 0.05) is 19.6 Å². The molecule has 0 radical (unpaired) electrons. The van der Waals surface area contributed by atoms with Crippen molar-refractivity contribution in [2.24, 2.45) is 4.99 Å². The van der Waals surface area contributed by atoms with Crippen LogP contribution in [-0.4, -0.2) is 43.6 Å². The first-order valence-electron chi connectivity index (χ1n) is 9.11. The highest BCUT2D eigenvalue weighted by molar-refractivity contribution is 14.0. The Kier molecular flexibility index (Phi) is 8.38. The standard InChI is InChI=1S/C18H30N4O.HI/c1-19-18(21-15-8-3-2-4-9-15)20-14-16(17-10-7-13-23-17)22-11-5-6-12-22;/h7,10,13,15-16H,2-6,8-9,11-12,14H2,1H3,(H2,19,20,21);1H. The number of likely N-dealkylation sites (tertiary alicyclic amines) is 1. The highest BCUT2D eigenvalue weighted by Gasteiger charge is 2.26. The van der Waals surface area contributed by atoms with Gasteiger partial charge >= 0.3 is 0 Å². The zero-order valence-corrected chi connectivity index (χ0v) is 17.0. The van der Waals surface area contributed by atoms with Gasteiger partial charge in [0.25, 0.3) is 0 Å². The number of nitrogens with one attached hydrogen (secondary N) is 2. The van der Waals surface area contributed by atoms with Crippen LogP contribution in [0.1, 0.15) is 56.7 Å². The van der Waals surface area contributed by atoms with Gasteiger partial charge in [0.15, 0.2) is 5.96 Å². The van der Waals surface area contributed by atoms with Crippen LogP contribution in [-0.2, 0) is 0 Å². The average Bonchev–Trinajstić information content (AvgIpc) is 3.29. The van der Waals surface area contributed by atoms with Crippen molar-refractivity contribution < 1.29 is 4.42 Å². The first-order valence-corrected chi connectivity index (χ1v) is 9.11. The number of furan rings is 1. The van der Waals surface area contributed by atoms with Gasteiger partial charge in [-0.3, -0.25) is 9.89 Å². The molecule has 2 fully saturated rings. The van der Waals surface area contributed by atoms with Crippen LogP contribution in [0, 0.1) is 0 Å². The summed E-state index contributed by atoms with van der Waals surface area (Å²) in [5.74, 6) is 1.97. The molecule has 2 heterocycles. The molecular weight excluding hydrogens is 415 g/mol. The third-order valence-corrected chi connectivity index (χ3v) is 5.09. The van der Waals surface area contributed by atoms with E-state index in [2.05, 4.69) is 26.6 Å². The smallest absolute Gasteiger partial charge is 0.191 e. The lowest BCUT2D eigenvalue weighted by molar-refractivity contribution is 0.215. The van der Waals surface area contributed by atoms with Crippen LogP contribution in [0.3, 0.4) is 0 Å². The monoisotopic (exact) mass is 446 g/mol. The normalized spacial score (nSPS) is 21.3. The second kappa shape index (κ2) is 10.3. The number of guanidine groups is 1. The summed E-state index contributed by atoms with van der Waals surface area (Å²) in [6, 6.07) is 4.93. The van der Waals surface area contributed by atoms with Crippen molar-refractivity contribution in [1.29, 1.82) is 0 Å². The average molecular weight is 446 g/mol.